The number of amides is 4. The number of halogens is 4. The van der Waals surface area contributed by atoms with Crippen LogP contribution in [0.4, 0.5) is 27.2 Å². The lowest BCUT2D eigenvalue weighted by atomic mass is 10.0. The first-order chi connectivity index (χ1) is 33.4. The Hall–Kier alpha value is -6.97. The van der Waals surface area contributed by atoms with Gasteiger partial charge >= 0.3 is 18.4 Å². The standard InChI is InChI=1S/C48H52F4N10O7S/c1-23(2)39(58-46(65)67-5)43(63)60-13-7-9-32(60)41-54-20-29(56-41)25-11-12-31-27(15-25)17-34-38-28(49)16-26(18-35(38)69-45(62(31)34)36-22-53-37(70-36)19-48(50,51)52)30-21-55-42(57-30)33-10-8-14-61(33)44(64)40(24(3)4)59-47(66)68-6/h11-12,15-18,20-24,32-33,39-40,45H,7-10,13-14,19H2,1-6H3,(H,54,56)(H,55,57)(H,58,65)(H,59,66)/t32-,33-,39-,40-,45?/m0/s1. The summed E-state index contributed by atoms with van der Waals surface area (Å²) in [6.07, 6.45) is -0.912. The number of thiazole rings is 1. The molecule has 2 aromatic carbocycles. The van der Waals surface area contributed by atoms with Gasteiger partial charge in [-0.3, -0.25) is 14.2 Å². The van der Waals surface area contributed by atoms with Gasteiger partial charge in [-0.1, -0.05) is 33.8 Å². The Morgan fingerprint density at radius 1 is 0.800 bits per heavy atom. The predicted molar refractivity (Wildman–Crippen MR) is 249 cm³/mol. The molecule has 4 aromatic heterocycles. The number of hydrogen-bond acceptors (Lipinski definition) is 11. The summed E-state index contributed by atoms with van der Waals surface area (Å²) in [4.78, 5) is 75.6. The number of benzene rings is 2. The van der Waals surface area contributed by atoms with Crippen LogP contribution in [-0.4, -0.2) is 109 Å². The van der Waals surface area contributed by atoms with E-state index in [1.807, 2.05) is 52.0 Å². The van der Waals surface area contributed by atoms with Gasteiger partial charge in [0.1, 0.15) is 40.3 Å². The lowest BCUT2D eigenvalue weighted by Gasteiger charge is -2.30. The molecule has 9 rings (SSSR count). The minimum absolute atomic E-state index is 0.138. The van der Waals surface area contributed by atoms with Crippen LogP contribution in [0.25, 0.3) is 44.7 Å². The van der Waals surface area contributed by atoms with E-state index in [2.05, 4.69) is 35.6 Å². The Bertz CT molecular complexity index is 2960. The largest absolute Gasteiger partial charge is 0.464 e. The van der Waals surface area contributed by atoms with Crippen LogP contribution in [0, 0.1) is 17.7 Å². The summed E-state index contributed by atoms with van der Waals surface area (Å²) >= 11 is 0.856. The van der Waals surface area contributed by atoms with Gasteiger partial charge in [-0.05, 0) is 67.9 Å². The number of ether oxygens (including phenoxy) is 3. The van der Waals surface area contributed by atoms with E-state index in [1.54, 1.807) is 32.8 Å². The van der Waals surface area contributed by atoms with E-state index < -0.39 is 55.0 Å². The van der Waals surface area contributed by atoms with Crippen LogP contribution >= 0.6 is 11.3 Å². The number of imidazole rings is 2. The van der Waals surface area contributed by atoms with E-state index in [-0.39, 0.29) is 46.0 Å². The van der Waals surface area contributed by atoms with Crippen LogP contribution in [-0.2, 0) is 25.5 Å². The summed E-state index contributed by atoms with van der Waals surface area (Å²) in [5.41, 5.74) is 3.37. The predicted octanol–water partition coefficient (Wildman–Crippen LogP) is 8.82. The first-order valence-corrected chi connectivity index (χ1v) is 23.8. The zero-order valence-corrected chi connectivity index (χ0v) is 40.0. The molecule has 1 unspecified atom stereocenters. The Kier molecular flexibility index (Phi) is 13.1. The smallest absolute Gasteiger partial charge is 0.407 e. The summed E-state index contributed by atoms with van der Waals surface area (Å²) in [7, 11) is 2.47. The lowest BCUT2D eigenvalue weighted by Crippen LogP contribution is -2.51. The zero-order chi connectivity index (χ0) is 49.8. The number of likely N-dealkylation sites (tertiary alicyclic amines) is 2. The van der Waals surface area contributed by atoms with Crippen molar-refractivity contribution >= 4 is 46.2 Å². The first kappa shape index (κ1) is 48.1. The van der Waals surface area contributed by atoms with Crippen molar-refractivity contribution in [2.24, 2.45) is 11.8 Å². The summed E-state index contributed by atoms with van der Waals surface area (Å²) in [6, 6.07) is 7.94. The Balaban J connectivity index is 1.04. The molecule has 5 atom stereocenters. The van der Waals surface area contributed by atoms with Crippen molar-refractivity contribution in [1.82, 2.24) is 49.9 Å². The van der Waals surface area contributed by atoms with E-state index in [0.29, 0.717) is 82.4 Å². The number of carbonyl (C=O) groups is 4. The van der Waals surface area contributed by atoms with Crippen LogP contribution in [0.3, 0.4) is 0 Å². The Morgan fingerprint density at radius 2 is 1.37 bits per heavy atom. The minimum Gasteiger partial charge on any atom is -0.464 e. The molecule has 0 saturated carbocycles. The SMILES string of the molecule is COC(=O)N[C@H](C(=O)N1CCC[C@H]1c1ncc(-c2cc(F)c3c(c2)OC(c2cnc(CC(F)(F)F)s2)n2c-3cc3cc(-c4cnc([C@@H]5CCCN5C(=O)[C@@H](NC(=O)OC)C(C)C)[nH]4)ccc32)[nH]1)C(C)C. The fourth-order valence-electron chi connectivity index (χ4n) is 9.67. The highest BCUT2D eigenvalue weighted by Crippen LogP contribution is 2.48. The molecule has 22 heteroatoms. The summed E-state index contributed by atoms with van der Waals surface area (Å²) in [5.74, 6) is -0.400. The van der Waals surface area contributed by atoms with E-state index in [1.165, 1.54) is 26.5 Å². The van der Waals surface area contributed by atoms with Crippen molar-refractivity contribution in [2.75, 3.05) is 27.3 Å². The number of carbonyl (C=O) groups excluding carboxylic acids is 4. The normalized spacial score (nSPS) is 18.7. The molecule has 2 saturated heterocycles. The summed E-state index contributed by atoms with van der Waals surface area (Å²) < 4.78 is 75.4. The second-order valence-corrected chi connectivity index (χ2v) is 19.5. The number of hydrogen-bond donors (Lipinski definition) is 4. The average molecular weight is 989 g/mol. The molecule has 7 heterocycles. The van der Waals surface area contributed by atoms with E-state index in [0.717, 1.165) is 23.3 Å². The van der Waals surface area contributed by atoms with Crippen LogP contribution in [0.15, 0.2) is 55.0 Å². The maximum atomic E-state index is 16.8. The number of aromatic nitrogens is 6. The third-order valence-electron chi connectivity index (χ3n) is 13.1. The third-order valence-corrected chi connectivity index (χ3v) is 14.1. The number of aromatic amines is 2. The quantitative estimate of drug-likeness (QED) is 0.0859. The van der Waals surface area contributed by atoms with Crippen molar-refractivity contribution < 1.29 is 51.0 Å². The topological polar surface area (TPSA) is 202 Å². The number of alkyl carbamates (subject to hydrolysis) is 2. The van der Waals surface area contributed by atoms with Gasteiger partial charge in [-0.25, -0.2) is 28.9 Å². The molecule has 17 nitrogen and oxygen atoms in total. The molecular weight excluding hydrogens is 937 g/mol. The maximum Gasteiger partial charge on any atom is 0.407 e. The Morgan fingerprint density at radius 3 is 1.91 bits per heavy atom. The number of H-pyrrole nitrogens is 2. The minimum atomic E-state index is -4.49. The lowest BCUT2D eigenvalue weighted by molar-refractivity contribution is -0.136. The van der Waals surface area contributed by atoms with Crippen molar-refractivity contribution in [1.29, 1.82) is 0 Å². The molecular formula is C48H52F4N10O7S. The second kappa shape index (κ2) is 19.1. The molecule has 0 radical (unpaired) electrons. The molecule has 3 aliphatic rings. The van der Waals surface area contributed by atoms with E-state index in [4.69, 9.17) is 14.2 Å². The molecule has 0 aliphatic carbocycles. The van der Waals surface area contributed by atoms with Gasteiger partial charge < -0.3 is 44.6 Å². The highest BCUT2D eigenvalue weighted by atomic mass is 32.1. The van der Waals surface area contributed by atoms with Gasteiger partial charge in [0.05, 0.1) is 78.2 Å². The fraction of sp³-hybridized carbons (Fsp3) is 0.438. The fourth-order valence-corrected chi connectivity index (χ4v) is 10.6. The number of methoxy groups -OCH3 is 2. The van der Waals surface area contributed by atoms with Gasteiger partial charge in [-0.15, -0.1) is 11.3 Å². The van der Waals surface area contributed by atoms with Crippen LogP contribution in [0.2, 0.25) is 0 Å². The molecule has 3 aliphatic heterocycles. The van der Waals surface area contributed by atoms with Crippen molar-refractivity contribution in [3.05, 3.63) is 82.3 Å². The van der Waals surface area contributed by atoms with E-state index in [9.17, 15) is 32.3 Å². The van der Waals surface area contributed by atoms with Crippen LogP contribution < -0.4 is 15.4 Å². The highest BCUT2D eigenvalue weighted by molar-refractivity contribution is 7.11. The Labute approximate surface area is 403 Å². The number of nitrogens with zero attached hydrogens (tertiary/aromatic N) is 6. The molecule has 2 fully saturated rings. The van der Waals surface area contributed by atoms with Crippen molar-refractivity contribution in [2.45, 2.75) is 96.4 Å². The third kappa shape index (κ3) is 9.27. The van der Waals surface area contributed by atoms with E-state index >= 15 is 4.39 Å². The molecule has 0 spiro atoms. The van der Waals surface area contributed by atoms with Gasteiger partial charge in [0.15, 0.2) is 0 Å². The maximum absolute atomic E-state index is 16.8. The van der Waals surface area contributed by atoms with Gasteiger partial charge in [0, 0.05) is 35.8 Å². The summed E-state index contributed by atoms with van der Waals surface area (Å²) in [5, 5.41) is 5.82. The zero-order valence-electron chi connectivity index (χ0n) is 39.1. The van der Waals surface area contributed by atoms with Crippen LogP contribution in [0.5, 0.6) is 5.75 Å². The number of fused-ring (bicyclic) bond motifs is 5. The molecule has 370 valence electrons. The molecule has 6 aromatic rings. The van der Waals surface area contributed by atoms with Crippen LogP contribution in [0.1, 0.15) is 93.2 Å². The first-order valence-electron chi connectivity index (χ1n) is 23.0. The van der Waals surface area contributed by atoms with Gasteiger partial charge in [0.2, 0.25) is 18.0 Å². The van der Waals surface area contributed by atoms with Crippen molar-refractivity contribution in [3.63, 3.8) is 0 Å². The highest BCUT2D eigenvalue weighted by Gasteiger charge is 2.40. The number of rotatable bonds is 12. The van der Waals surface area contributed by atoms with Gasteiger partial charge in [-0.2, -0.15) is 13.2 Å². The van der Waals surface area contributed by atoms with Crippen molar-refractivity contribution in [3.8, 4) is 39.5 Å². The number of nitrogens with one attached hydrogen (secondary N) is 4. The molecule has 4 N–H and O–H groups in total. The van der Waals surface area contributed by atoms with Gasteiger partial charge in [0.25, 0.3) is 0 Å². The number of alkyl halides is 3. The second-order valence-electron chi connectivity index (χ2n) is 18.4. The monoisotopic (exact) mass is 988 g/mol. The molecule has 4 amide bonds. The molecule has 0 bridgehead atoms. The molecule has 70 heavy (non-hydrogen) atoms. The average Bonchev–Trinajstić information content (AvgIpc) is 4.18. The summed E-state index contributed by atoms with van der Waals surface area (Å²) in [6.45, 7) is 8.26.